The molecule has 1 saturated carbocycles. The van der Waals surface area contributed by atoms with Gasteiger partial charge in [-0.3, -0.25) is 4.90 Å². The zero-order valence-corrected chi connectivity index (χ0v) is 21.9. The number of nitrogens with zero attached hydrogens (tertiary/aromatic N) is 2. The van der Waals surface area contributed by atoms with Crippen molar-refractivity contribution in [3.63, 3.8) is 0 Å². The lowest BCUT2D eigenvalue weighted by atomic mass is 9.52. The summed E-state index contributed by atoms with van der Waals surface area (Å²) in [6.45, 7) is 4.62. The zero-order valence-electron chi connectivity index (χ0n) is 21.9. The number of hydrogen-bond acceptors (Lipinski definition) is 3. The Labute approximate surface area is 222 Å². The summed E-state index contributed by atoms with van der Waals surface area (Å²) in [5.74, 6) is -0.325. The smallest absolute Gasteiger partial charge is 0.417 e. The lowest BCUT2D eigenvalue weighted by molar-refractivity contribution is -0.279. The minimum absolute atomic E-state index is 0.134. The molecule has 0 aromatic heterocycles. The van der Waals surface area contributed by atoms with Gasteiger partial charge in [-0.1, -0.05) is 43.3 Å². The number of piperidine rings is 1. The van der Waals surface area contributed by atoms with Crippen molar-refractivity contribution in [3.8, 4) is 0 Å². The van der Waals surface area contributed by atoms with Crippen molar-refractivity contribution < 1.29 is 28.2 Å². The van der Waals surface area contributed by atoms with Crippen LogP contribution in [0, 0.1) is 5.92 Å². The van der Waals surface area contributed by atoms with Gasteiger partial charge in [-0.15, -0.1) is 0 Å². The number of hydrogen-bond donors (Lipinski definition) is 2. The minimum atomic E-state index is -4.66. The monoisotopic (exact) mass is 530 g/mol. The molecule has 0 bridgehead atoms. The maximum absolute atomic E-state index is 13.9. The number of carbonyl (C=O) groups is 1. The number of aliphatic hydroxyl groups is 1. The number of aryl methyl sites for hydroxylation is 1. The van der Waals surface area contributed by atoms with Gasteiger partial charge in [-0.2, -0.15) is 13.2 Å². The van der Waals surface area contributed by atoms with E-state index in [2.05, 4.69) is 11.8 Å². The standard InChI is InChI=1S/C30H37F3N2O3/c1-2-34-16-6-9-25(20-34)35(27(36)37)24-12-13-26-22(17-24)10-11-23-19-29(38,30(31,32)33)15-14-28(23,26)18-21-7-4-3-5-8-21/h3-5,7-8,12-13,17,23,25,38H,2,6,9-11,14-16,18-20H2,1H3,(H,36,37)/t23-,25?,28+,29-/m1/s1. The molecule has 1 unspecified atom stereocenters. The third-order valence-corrected chi connectivity index (χ3v) is 9.40. The van der Waals surface area contributed by atoms with Gasteiger partial charge >= 0.3 is 12.3 Å². The highest BCUT2D eigenvalue weighted by Crippen LogP contribution is 2.57. The van der Waals surface area contributed by atoms with E-state index < -0.39 is 23.3 Å². The maximum Gasteiger partial charge on any atom is 0.417 e. The van der Waals surface area contributed by atoms with Crippen LogP contribution in [0.4, 0.5) is 23.7 Å². The summed E-state index contributed by atoms with van der Waals surface area (Å²) in [5, 5.41) is 20.8. The number of likely N-dealkylation sites (N-methyl/N-ethyl adjacent to an activating group) is 1. The first kappa shape index (κ1) is 27.0. The molecule has 1 aliphatic heterocycles. The summed E-state index contributed by atoms with van der Waals surface area (Å²) in [6.07, 6.45) is -2.62. The van der Waals surface area contributed by atoms with Crippen molar-refractivity contribution in [2.45, 2.75) is 81.5 Å². The third-order valence-electron chi connectivity index (χ3n) is 9.40. The molecule has 1 amide bonds. The van der Waals surface area contributed by atoms with Crippen molar-refractivity contribution in [3.05, 3.63) is 65.2 Å². The van der Waals surface area contributed by atoms with E-state index in [1.54, 1.807) is 0 Å². The van der Waals surface area contributed by atoms with Crippen molar-refractivity contribution in [1.82, 2.24) is 4.90 Å². The van der Waals surface area contributed by atoms with Gasteiger partial charge in [0.1, 0.15) is 0 Å². The van der Waals surface area contributed by atoms with E-state index in [0.717, 1.165) is 42.6 Å². The molecule has 38 heavy (non-hydrogen) atoms. The number of likely N-dealkylation sites (tertiary alicyclic amines) is 1. The van der Waals surface area contributed by atoms with Crippen LogP contribution >= 0.6 is 0 Å². The van der Waals surface area contributed by atoms with Crippen LogP contribution in [-0.4, -0.2) is 58.7 Å². The molecular weight excluding hydrogens is 493 g/mol. The lowest BCUT2D eigenvalue weighted by Crippen LogP contribution is -2.56. The van der Waals surface area contributed by atoms with Crippen LogP contribution in [0.25, 0.3) is 0 Å². The van der Waals surface area contributed by atoms with E-state index in [-0.39, 0.29) is 31.2 Å². The molecule has 2 aromatic carbocycles. The molecule has 0 spiro atoms. The number of fused-ring (bicyclic) bond motifs is 3. The summed E-state index contributed by atoms with van der Waals surface area (Å²) in [7, 11) is 0. The number of carboxylic acid groups (broad SMARTS) is 1. The van der Waals surface area contributed by atoms with Crippen LogP contribution in [0.1, 0.15) is 62.1 Å². The first-order chi connectivity index (χ1) is 18.1. The largest absolute Gasteiger partial charge is 0.465 e. The van der Waals surface area contributed by atoms with Gasteiger partial charge in [0.25, 0.3) is 0 Å². The second kappa shape index (κ2) is 10.2. The van der Waals surface area contributed by atoms with Gasteiger partial charge in [0.05, 0.1) is 6.04 Å². The molecular formula is C30H37F3N2O3. The third kappa shape index (κ3) is 4.81. The van der Waals surface area contributed by atoms with Gasteiger partial charge in [0, 0.05) is 17.6 Å². The Morgan fingerprint density at radius 3 is 2.58 bits per heavy atom. The predicted octanol–water partition coefficient (Wildman–Crippen LogP) is 6.18. The van der Waals surface area contributed by atoms with Gasteiger partial charge in [-0.25, -0.2) is 4.79 Å². The van der Waals surface area contributed by atoms with Crippen molar-refractivity contribution in [1.29, 1.82) is 0 Å². The molecule has 3 aliphatic rings. The number of rotatable bonds is 5. The molecule has 1 saturated heterocycles. The Balaban J connectivity index is 1.53. The van der Waals surface area contributed by atoms with Crippen molar-refractivity contribution in [2.24, 2.45) is 5.92 Å². The molecule has 206 valence electrons. The number of halogens is 3. The molecule has 0 radical (unpaired) electrons. The van der Waals surface area contributed by atoms with Gasteiger partial charge in [0.15, 0.2) is 5.60 Å². The summed E-state index contributed by atoms with van der Waals surface area (Å²) in [4.78, 5) is 16.2. The van der Waals surface area contributed by atoms with Gasteiger partial charge < -0.3 is 15.1 Å². The highest BCUT2D eigenvalue weighted by molar-refractivity contribution is 5.87. The zero-order chi connectivity index (χ0) is 27.1. The number of alkyl halides is 3. The van der Waals surface area contributed by atoms with Gasteiger partial charge in [-0.05, 0) is 99.2 Å². The van der Waals surface area contributed by atoms with Crippen LogP contribution in [0.5, 0.6) is 0 Å². The lowest BCUT2D eigenvalue weighted by Gasteiger charge is -2.53. The van der Waals surface area contributed by atoms with Crippen molar-refractivity contribution in [2.75, 3.05) is 24.5 Å². The Kier molecular flexibility index (Phi) is 7.24. The van der Waals surface area contributed by atoms with Gasteiger partial charge in [0.2, 0.25) is 0 Å². The molecule has 4 atom stereocenters. The van der Waals surface area contributed by atoms with Crippen LogP contribution in [-0.2, 0) is 18.3 Å². The second-order valence-electron chi connectivity index (χ2n) is 11.5. The fourth-order valence-electron chi connectivity index (χ4n) is 7.38. The van der Waals surface area contributed by atoms with Crippen molar-refractivity contribution >= 4 is 11.8 Å². The Morgan fingerprint density at radius 2 is 1.89 bits per heavy atom. The molecule has 2 fully saturated rings. The summed E-state index contributed by atoms with van der Waals surface area (Å²) in [6, 6.07) is 15.5. The van der Waals surface area contributed by atoms with E-state index in [1.165, 1.54) is 4.90 Å². The number of benzene rings is 2. The average Bonchev–Trinajstić information content (AvgIpc) is 2.89. The van der Waals surface area contributed by atoms with E-state index in [1.807, 2.05) is 48.5 Å². The molecule has 2 N–H and O–H groups in total. The Bertz CT molecular complexity index is 1160. The first-order valence-electron chi connectivity index (χ1n) is 13.8. The first-order valence-corrected chi connectivity index (χ1v) is 13.8. The van der Waals surface area contributed by atoms with E-state index in [4.69, 9.17) is 0 Å². The summed E-state index contributed by atoms with van der Waals surface area (Å²) >= 11 is 0. The topological polar surface area (TPSA) is 64.0 Å². The molecule has 2 aliphatic carbocycles. The second-order valence-corrected chi connectivity index (χ2v) is 11.5. The quantitative estimate of drug-likeness (QED) is 0.485. The molecule has 5 nitrogen and oxygen atoms in total. The Hall–Kier alpha value is -2.58. The van der Waals surface area contributed by atoms with Crippen LogP contribution in [0.3, 0.4) is 0 Å². The minimum Gasteiger partial charge on any atom is -0.465 e. The Morgan fingerprint density at radius 1 is 1.13 bits per heavy atom. The maximum atomic E-state index is 13.9. The highest BCUT2D eigenvalue weighted by Gasteiger charge is 2.61. The summed E-state index contributed by atoms with van der Waals surface area (Å²) in [5.41, 5.74) is 0.511. The van der Waals surface area contributed by atoms with E-state index in [0.29, 0.717) is 31.5 Å². The fourth-order valence-corrected chi connectivity index (χ4v) is 7.38. The van der Waals surface area contributed by atoms with E-state index in [9.17, 15) is 28.2 Å². The molecule has 8 heteroatoms. The van der Waals surface area contributed by atoms with Crippen LogP contribution < -0.4 is 4.90 Å². The van der Waals surface area contributed by atoms with Crippen LogP contribution in [0.15, 0.2) is 48.5 Å². The fraction of sp³-hybridized carbons (Fsp3) is 0.567. The molecule has 1 heterocycles. The molecule has 5 rings (SSSR count). The highest BCUT2D eigenvalue weighted by atomic mass is 19.4. The molecule has 2 aromatic rings. The number of amides is 1. The normalized spacial score (nSPS) is 29.8. The summed E-state index contributed by atoms with van der Waals surface area (Å²) < 4.78 is 41.6. The van der Waals surface area contributed by atoms with Crippen LogP contribution in [0.2, 0.25) is 0 Å². The number of anilines is 1. The average molecular weight is 531 g/mol. The van der Waals surface area contributed by atoms with E-state index >= 15 is 0 Å². The predicted molar refractivity (Wildman–Crippen MR) is 141 cm³/mol. The SMILES string of the molecule is CCN1CCCC(N(C(=O)O)c2ccc3c(c2)CC[C@@H]2C[C@@](O)(C(F)(F)F)CC[C@@]32Cc2ccccc2)C1.